The second-order valence-corrected chi connectivity index (χ2v) is 7.80. The summed E-state index contributed by atoms with van der Waals surface area (Å²) < 4.78 is 10.8. The highest BCUT2D eigenvalue weighted by atomic mass is 16.5. The summed E-state index contributed by atoms with van der Waals surface area (Å²) in [5, 5.41) is 0. The molecule has 2 aliphatic heterocycles. The summed E-state index contributed by atoms with van der Waals surface area (Å²) in [4.78, 5) is 42.9. The first-order valence-electron chi connectivity index (χ1n) is 9.93. The van der Waals surface area contributed by atoms with Gasteiger partial charge in [-0.15, -0.1) is 0 Å². The van der Waals surface area contributed by atoms with E-state index in [1.165, 1.54) is 9.80 Å². The molecule has 29 heavy (non-hydrogen) atoms. The Morgan fingerprint density at radius 2 is 1.72 bits per heavy atom. The van der Waals surface area contributed by atoms with E-state index in [1.807, 2.05) is 38.1 Å². The monoisotopic (exact) mass is 403 g/mol. The third kappa shape index (κ3) is 4.87. The molecule has 2 fully saturated rings. The summed E-state index contributed by atoms with van der Waals surface area (Å²) in [6.45, 7) is 6.75. The lowest BCUT2D eigenvalue weighted by Gasteiger charge is -2.40. The van der Waals surface area contributed by atoms with Crippen molar-refractivity contribution in [2.24, 2.45) is 0 Å². The maximum atomic E-state index is 12.8. The van der Waals surface area contributed by atoms with E-state index in [1.54, 1.807) is 18.9 Å². The number of piperazine rings is 1. The number of ether oxygens (including phenoxy) is 2. The fourth-order valence-corrected chi connectivity index (χ4v) is 3.88. The minimum atomic E-state index is -0.672. The number of hydrogen-bond acceptors (Lipinski definition) is 5. The zero-order valence-electron chi connectivity index (χ0n) is 17.5. The van der Waals surface area contributed by atoms with Crippen LogP contribution in [-0.4, -0.2) is 84.0 Å². The van der Waals surface area contributed by atoms with Gasteiger partial charge in [-0.1, -0.05) is 12.1 Å². The summed E-state index contributed by atoms with van der Waals surface area (Å²) >= 11 is 0. The van der Waals surface area contributed by atoms with E-state index in [2.05, 4.69) is 0 Å². The molecule has 158 valence electrons. The van der Waals surface area contributed by atoms with Crippen LogP contribution >= 0.6 is 0 Å². The third-order valence-corrected chi connectivity index (χ3v) is 5.39. The Hall–Kier alpha value is -2.61. The number of hydrogen-bond donors (Lipinski definition) is 0. The number of carbonyl (C=O) groups is 3. The van der Waals surface area contributed by atoms with Crippen LogP contribution in [0.3, 0.4) is 0 Å². The van der Waals surface area contributed by atoms with Crippen LogP contribution in [0, 0.1) is 0 Å². The predicted octanol–water partition coefficient (Wildman–Crippen LogP) is 0.890. The van der Waals surface area contributed by atoms with E-state index in [4.69, 9.17) is 9.47 Å². The van der Waals surface area contributed by atoms with Gasteiger partial charge >= 0.3 is 0 Å². The van der Waals surface area contributed by atoms with Crippen LogP contribution in [-0.2, 0) is 25.7 Å². The van der Waals surface area contributed by atoms with Gasteiger partial charge in [-0.3, -0.25) is 14.4 Å². The number of amides is 3. The average Bonchev–Trinajstić information content (AvgIpc) is 2.69. The van der Waals surface area contributed by atoms with Crippen molar-refractivity contribution in [1.29, 1.82) is 0 Å². The highest BCUT2D eigenvalue weighted by Gasteiger charge is 2.38. The largest absolute Gasteiger partial charge is 0.497 e. The molecule has 8 heteroatoms. The van der Waals surface area contributed by atoms with Crippen LogP contribution in [0.5, 0.6) is 5.75 Å². The van der Waals surface area contributed by atoms with Gasteiger partial charge in [0.2, 0.25) is 17.7 Å². The summed E-state index contributed by atoms with van der Waals surface area (Å²) in [6.07, 6.45) is -0.0856. The van der Waals surface area contributed by atoms with Crippen molar-refractivity contribution in [2.45, 2.75) is 45.6 Å². The Morgan fingerprint density at radius 3 is 2.31 bits per heavy atom. The Kier molecular flexibility index (Phi) is 6.42. The lowest BCUT2D eigenvalue weighted by Crippen LogP contribution is -2.61. The van der Waals surface area contributed by atoms with Gasteiger partial charge in [-0.05, 0) is 38.5 Å². The molecule has 0 aliphatic carbocycles. The summed E-state index contributed by atoms with van der Waals surface area (Å²) in [5.41, 5.74) is 0.917. The van der Waals surface area contributed by atoms with E-state index in [-0.39, 0.29) is 43.0 Å². The molecule has 2 saturated heterocycles. The Morgan fingerprint density at radius 1 is 1.10 bits per heavy atom. The van der Waals surface area contributed by atoms with Crippen LogP contribution < -0.4 is 4.74 Å². The third-order valence-electron chi connectivity index (χ3n) is 5.39. The first kappa shape index (κ1) is 21.1. The molecule has 0 unspecified atom stereocenters. The normalized spacial score (nSPS) is 25.4. The molecule has 0 spiro atoms. The van der Waals surface area contributed by atoms with Crippen LogP contribution in [0.1, 0.15) is 26.3 Å². The van der Waals surface area contributed by atoms with Crippen LogP contribution in [0.15, 0.2) is 24.3 Å². The maximum Gasteiger partial charge on any atom is 0.245 e. The molecule has 1 aromatic carbocycles. The van der Waals surface area contributed by atoms with E-state index >= 15 is 0 Å². The Balaban J connectivity index is 1.62. The van der Waals surface area contributed by atoms with Gasteiger partial charge < -0.3 is 24.2 Å². The fourth-order valence-electron chi connectivity index (χ4n) is 3.88. The Bertz CT molecular complexity index is 756. The van der Waals surface area contributed by atoms with Gasteiger partial charge in [-0.25, -0.2) is 0 Å². The molecule has 0 radical (unpaired) electrons. The first-order chi connectivity index (χ1) is 13.8. The van der Waals surface area contributed by atoms with Crippen molar-refractivity contribution in [3.8, 4) is 5.75 Å². The van der Waals surface area contributed by atoms with Gasteiger partial charge in [0.15, 0.2) is 0 Å². The highest BCUT2D eigenvalue weighted by Crippen LogP contribution is 2.19. The molecule has 0 saturated carbocycles. The van der Waals surface area contributed by atoms with Crippen molar-refractivity contribution < 1.29 is 23.9 Å². The number of nitrogens with zero attached hydrogens (tertiary/aromatic N) is 3. The summed E-state index contributed by atoms with van der Waals surface area (Å²) in [5.74, 6) is 0.216. The summed E-state index contributed by atoms with van der Waals surface area (Å²) in [7, 11) is 1.59. The highest BCUT2D eigenvalue weighted by molar-refractivity contribution is 5.96. The van der Waals surface area contributed by atoms with E-state index in [9.17, 15) is 14.4 Å². The number of rotatable bonds is 5. The summed E-state index contributed by atoms with van der Waals surface area (Å²) in [6, 6.07) is 6.72. The first-order valence-corrected chi connectivity index (χ1v) is 9.93. The molecular formula is C21H29N3O5. The standard InChI is InChI=1S/C21H29N3O5/c1-14-9-22(10-15(2)29-14)19(25)13-24-16(3)21(27)23(12-20(24)26)11-17-5-7-18(28-4)8-6-17/h5-8,14-16H,9-13H2,1-4H3/t14-,15+,16-/m0/s1. The zero-order chi connectivity index (χ0) is 21.1. The van der Waals surface area contributed by atoms with E-state index < -0.39 is 6.04 Å². The maximum absolute atomic E-state index is 12.8. The topological polar surface area (TPSA) is 79.4 Å². The molecule has 0 N–H and O–H groups in total. The van der Waals surface area contributed by atoms with Crippen molar-refractivity contribution in [2.75, 3.05) is 33.3 Å². The number of carbonyl (C=O) groups excluding carboxylic acids is 3. The van der Waals surface area contributed by atoms with Gasteiger partial charge in [0.1, 0.15) is 24.9 Å². The fraction of sp³-hybridized carbons (Fsp3) is 0.571. The molecule has 0 bridgehead atoms. The molecule has 2 aliphatic rings. The van der Waals surface area contributed by atoms with Crippen molar-refractivity contribution in [3.63, 3.8) is 0 Å². The number of benzene rings is 1. The predicted molar refractivity (Wildman–Crippen MR) is 106 cm³/mol. The second-order valence-electron chi connectivity index (χ2n) is 7.80. The number of morpholine rings is 1. The Labute approximate surface area is 171 Å². The molecule has 2 heterocycles. The van der Waals surface area contributed by atoms with Crippen LogP contribution in [0.2, 0.25) is 0 Å². The second kappa shape index (κ2) is 8.82. The molecule has 8 nitrogen and oxygen atoms in total. The lowest BCUT2D eigenvalue weighted by molar-refractivity contribution is -0.160. The van der Waals surface area contributed by atoms with Crippen molar-refractivity contribution in [1.82, 2.24) is 14.7 Å². The molecule has 3 amide bonds. The van der Waals surface area contributed by atoms with Crippen molar-refractivity contribution >= 4 is 17.7 Å². The van der Waals surface area contributed by atoms with Crippen LogP contribution in [0.4, 0.5) is 0 Å². The van der Waals surface area contributed by atoms with Crippen molar-refractivity contribution in [3.05, 3.63) is 29.8 Å². The molecular weight excluding hydrogens is 374 g/mol. The SMILES string of the molecule is COc1ccc(CN2CC(=O)N(CC(=O)N3C[C@@H](C)O[C@@H](C)C3)[C@@H](C)C2=O)cc1. The molecule has 0 aromatic heterocycles. The van der Waals surface area contributed by atoms with E-state index in [0.29, 0.717) is 19.6 Å². The molecule has 1 aromatic rings. The molecule has 3 rings (SSSR count). The zero-order valence-corrected chi connectivity index (χ0v) is 17.5. The number of methoxy groups -OCH3 is 1. The average molecular weight is 403 g/mol. The minimum Gasteiger partial charge on any atom is -0.497 e. The van der Waals surface area contributed by atoms with Gasteiger partial charge in [0.05, 0.1) is 19.3 Å². The minimum absolute atomic E-state index is 0.0294. The van der Waals surface area contributed by atoms with E-state index in [0.717, 1.165) is 11.3 Å². The van der Waals surface area contributed by atoms with Gasteiger partial charge in [0.25, 0.3) is 0 Å². The van der Waals surface area contributed by atoms with Crippen LogP contribution in [0.25, 0.3) is 0 Å². The van der Waals surface area contributed by atoms with Gasteiger partial charge in [-0.2, -0.15) is 0 Å². The smallest absolute Gasteiger partial charge is 0.245 e. The quantitative estimate of drug-likeness (QED) is 0.730. The van der Waals surface area contributed by atoms with Gasteiger partial charge in [0, 0.05) is 19.6 Å². The lowest BCUT2D eigenvalue weighted by atomic mass is 10.1. The molecule has 3 atom stereocenters.